The predicted octanol–water partition coefficient (Wildman–Crippen LogP) is 1.25. The van der Waals surface area contributed by atoms with Crippen molar-refractivity contribution in [1.29, 1.82) is 0 Å². The van der Waals surface area contributed by atoms with E-state index in [1.165, 1.54) is 24.4 Å². The Morgan fingerprint density at radius 2 is 2.31 bits per heavy atom. The fourth-order valence-electron chi connectivity index (χ4n) is 1.47. The number of nitrogens with one attached hydrogen (secondary N) is 1. The Balaban J connectivity index is 1.81. The normalized spacial score (nSPS) is 15.2. The van der Waals surface area contributed by atoms with E-state index in [9.17, 15) is 0 Å². The highest BCUT2D eigenvalue weighted by Crippen LogP contribution is 2.24. The summed E-state index contributed by atoms with van der Waals surface area (Å²) in [7, 11) is 0. The largest absolute Gasteiger partial charge is 0.309 e. The zero-order chi connectivity index (χ0) is 10.8. The summed E-state index contributed by atoms with van der Waals surface area (Å²) in [5.74, 6) is 0. The van der Waals surface area contributed by atoms with E-state index in [0.717, 1.165) is 22.8 Å². The van der Waals surface area contributed by atoms with Crippen LogP contribution in [0.5, 0.6) is 0 Å². The van der Waals surface area contributed by atoms with Gasteiger partial charge in [-0.3, -0.25) is 9.97 Å². The molecular formula is C10H11N5S. The van der Waals surface area contributed by atoms with Crippen LogP contribution in [-0.4, -0.2) is 25.6 Å². The van der Waals surface area contributed by atoms with Gasteiger partial charge < -0.3 is 5.32 Å². The topological polar surface area (TPSA) is 63.6 Å². The Morgan fingerprint density at radius 1 is 1.38 bits per heavy atom. The monoisotopic (exact) mass is 233 g/mol. The lowest BCUT2D eigenvalue weighted by molar-refractivity contribution is 0.695. The van der Waals surface area contributed by atoms with Gasteiger partial charge in [-0.05, 0) is 24.4 Å². The lowest BCUT2D eigenvalue weighted by Gasteiger charge is -2.01. The SMILES string of the molecule is c1cnc(-c2nnsc2CNC2CC2)cn1. The van der Waals surface area contributed by atoms with Crippen molar-refractivity contribution in [2.75, 3.05) is 0 Å². The average Bonchev–Trinajstić information content (AvgIpc) is 3.05. The Kier molecular flexibility index (Phi) is 2.59. The third kappa shape index (κ3) is 2.07. The van der Waals surface area contributed by atoms with Crippen LogP contribution in [0.15, 0.2) is 18.6 Å². The van der Waals surface area contributed by atoms with Crippen molar-refractivity contribution in [3.8, 4) is 11.4 Å². The van der Waals surface area contributed by atoms with E-state index in [1.54, 1.807) is 18.6 Å². The molecule has 1 N–H and O–H groups in total. The van der Waals surface area contributed by atoms with Crippen molar-refractivity contribution >= 4 is 11.5 Å². The van der Waals surface area contributed by atoms with Gasteiger partial charge in [-0.15, -0.1) is 5.10 Å². The number of aromatic nitrogens is 4. The Hall–Kier alpha value is -1.40. The molecule has 0 saturated heterocycles. The van der Waals surface area contributed by atoms with Gasteiger partial charge >= 0.3 is 0 Å². The molecule has 0 unspecified atom stereocenters. The molecule has 0 aliphatic heterocycles. The molecule has 82 valence electrons. The molecule has 2 aromatic heterocycles. The molecule has 1 saturated carbocycles. The molecule has 0 spiro atoms. The molecule has 0 atom stereocenters. The first-order chi connectivity index (χ1) is 7.93. The van der Waals surface area contributed by atoms with E-state index in [2.05, 4.69) is 24.9 Å². The number of hydrogen-bond acceptors (Lipinski definition) is 6. The quantitative estimate of drug-likeness (QED) is 0.861. The van der Waals surface area contributed by atoms with E-state index in [-0.39, 0.29) is 0 Å². The molecule has 1 aliphatic carbocycles. The van der Waals surface area contributed by atoms with E-state index in [4.69, 9.17) is 0 Å². The number of nitrogens with zero attached hydrogens (tertiary/aromatic N) is 4. The summed E-state index contributed by atoms with van der Waals surface area (Å²) in [4.78, 5) is 9.41. The van der Waals surface area contributed by atoms with Crippen LogP contribution in [-0.2, 0) is 6.54 Å². The molecule has 6 heteroatoms. The van der Waals surface area contributed by atoms with Crippen LogP contribution in [0.2, 0.25) is 0 Å². The Bertz CT molecular complexity index is 465. The molecule has 16 heavy (non-hydrogen) atoms. The van der Waals surface area contributed by atoms with Crippen molar-refractivity contribution in [2.45, 2.75) is 25.4 Å². The van der Waals surface area contributed by atoms with Crippen LogP contribution < -0.4 is 5.32 Å². The minimum absolute atomic E-state index is 0.691. The predicted molar refractivity (Wildman–Crippen MR) is 60.8 cm³/mol. The number of rotatable bonds is 4. The van der Waals surface area contributed by atoms with Crippen LogP contribution >= 0.6 is 11.5 Å². The molecule has 1 aliphatic rings. The van der Waals surface area contributed by atoms with E-state index < -0.39 is 0 Å². The zero-order valence-electron chi connectivity index (χ0n) is 8.63. The summed E-state index contributed by atoms with van der Waals surface area (Å²) >= 11 is 1.42. The molecule has 0 aromatic carbocycles. The van der Waals surface area contributed by atoms with Gasteiger partial charge in [0.15, 0.2) is 0 Å². The second-order valence-corrected chi connectivity index (χ2v) is 4.63. The second kappa shape index (κ2) is 4.23. The van der Waals surface area contributed by atoms with E-state index >= 15 is 0 Å². The standard InChI is InChI=1S/C10H11N5S/c1-2-7(1)13-6-9-10(14-15-16-9)8-5-11-3-4-12-8/h3-5,7,13H,1-2,6H2. The molecule has 5 nitrogen and oxygen atoms in total. The molecule has 2 heterocycles. The fourth-order valence-corrected chi connectivity index (χ4v) is 2.07. The van der Waals surface area contributed by atoms with Crippen LogP contribution in [0.1, 0.15) is 17.7 Å². The smallest absolute Gasteiger partial charge is 0.130 e. The first-order valence-electron chi connectivity index (χ1n) is 5.24. The lowest BCUT2D eigenvalue weighted by Crippen LogP contribution is -2.15. The summed E-state index contributed by atoms with van der Waals surface area (Å²) in [6, 6.07) is 0.691. The van der Waals surface area contributed by atoms with Gasteiger partial charge in [0.05, 0.1) is 11.1 Å². The first kappa shape index (κ1) is 9.80. The molecule has 3 rings (SSSR count). The van der Waals surface area contributed by atoms with E-state index in [0.29, 0.717) is 6.04 Å². The van der Waals surface area contributed by atoms with Crippen LogP contribution in [0.3, 0.4) is 0 Å². The minimum atomic E-state index is 0.691. The van der Waals surface area contributed by atoms with Gasteiger partial charge in [0.1, 0.15) is 11.4 Å². The second-order valence-electron chi connectivity index (χ2n) is 3.79. The third-order valence-electron chi connectivity index (χ3n) is 2.49. The number of hydrogen-bond donors (Lipinski definition) is 1. The first-order valence-corrected chi connectivity index (χ1v) is 6.02. The van der Waals surface area contributed by atoms with Gasteiger partial charge in [-0.2, -0.15) is 0 Å². The minimum Gasteiger partial charge on any atom is -0.309 e. The maximum absolute atomic E-state index is 4.24. The summed E-state index contributed by atoms with van der Waals surface area (Å²) in [6.07, 6.45) is 7.62. The van der Waals surface area contributed by atoms with Gasteiger partial charge in [0.2, 0.25) is 0 Å². The zero-order valence-corrected chi connectivity index (χ0v) is 9.44. The summed E-state index contributed by atoms with van der Waals surface area (Å²) < 4.78 is 3.98. The summed E-state index contributed by atoms with van der Waals surface area (Å²) in [5.41, 5.74) is 1.65. The maximum Gasteiger partial charge on any atom is 0.130 e. The molecular weight excluding hydrogens is 222 g/mol. The Labute approximate surface area is 97.1 Å². The van der Waals surface area contributed by atoms with Crippen LogP contribution in [0, 0.1) is 0 Å². The van der Waals surface area contributed by atoms with Crippen molar-refractivity contribution in [1.82, 2.24) is 24.9 Å². The molecule has 2 aromatic rings. The van der Waals surface area contributed by atoms with Crippen molar-refractivity contribution in [3.63, 3.8) is 0 Å². The van der Waals surface area contributed by atoms with Gasteiger partial charge in [0, 0.05) is 25.0 Å². The molecule has 0 bridgehead atoms. The average molecular weight is 233 g/mol. The van der Waals surface area contributed by atoms with Gasteiger partial charge in [0.25, 0.3) is 0 Å². The highest BCUT2D eigenvalue weighted by Gasteiger charge is 2.21. The van der Waals surface area contributed by atoms with Crippen LogP contribution in [0.4, 0.5) is 0 Å². The molecule has 1 fully saturated rings. The third-order valence-corrected chi connectivity index (χ3v) is 3.21. The van der Waals surface area contributed by atoms with Crippen molar-refractivity contribution < 1.29 is 0 Å². The molecule has 0 radical (unpaired) electrons. The lowest BCUT2D eigenvalue weighted by atomic mass is 10.3. The molecule has 0 amide bonds. The maximum atomic E-state index is 4.24. The highest BCUT2D eigenvalue weighted by atomic mass is 32.1. The van der Waals surface area contributed by atoms with Crippen LogP contribution in [0.25, 0.3) is 11.4 Å². The summed E-state index contributed by atoms with van der Waals surface area (Å²) in [6.45, 7) is 0.828. The van der Waals surface area contributed by atoms with Crippen molar-refractivity contribution in [3.05, 3.63) is 23.5 Å². The van der Waals surface area contributed by atoms with Gasteiger partial charge in [-0.25, -0.2) is 0 Å². The van der Waals surface area contributed by atoms with E-state index in [1.807, 2.05) is 0 Å². The summed E-state index contributed by atoms with van der Waals surface area (Å²) in [5, 5.41) is 7.56. The van der Waals surface area contributed by atoms with Crippen molar-refractivity contribution in [2.24, 2.45) is 0 Å². The Morgan fingerprint density at radius 3 is 3.06 bits per heavy atom. The van der Waals surface area contributed by atoms with Gasteiger partial charge in [-0.1, -0.05) is 4.49 Å². The fraction of sp³-hybridized carbons (Fsp3) is 0.400. The highest BCUT2D eigenvalue weighted by molar-refractivity contribution is 7.05.